The van der Waals surface area contributed by atoms with Crippen molar-refractivity contribution in [2.45, 2.75) is 37.2 Å². The van der Waals surface area contributed by atoms with E-state index in [0.29, 0.717) is 18.1 Å². The molecule has 0 aliphatic heterocycles. The summed E-state index contributed by atoms with van der Waals surface area (Å²) in [6, 6.07) is 15.6. The summed E-state index contributed by atoms with van der Waals surface area (Å²) in [5.74, 6) is 0.722. The van der Waals surface area contributed by atoms with E-state index in [0.717, 1.165) is 54.7 Å². The molecule has 2 aromatic carbocycles. The number of hydrogen-bond donors (Lipinski definition) is 1. The Balaban J connectivity index is 1.75. The third kappa shape index (κ3) is 6.17. The highest BCUT2D eigenvalue weighted by Gasteiger charge is 2.23. The van der Waals surface area contributed by atoms with Crippen LogP contribution in [-0.4, -0.2) is 35.0 Å². The van der Waals surface area contributed by atoms with Crippen molar-refractivity contribution >= 4 is 57.8 Å². The molecule has 5 nitrogen and oxygen atoms in total. The number of rotatable bonds is 8. The summed E-state index contributed by atoms with van der Waals surface area (Å²) in [6.45, 7) is 6.70. The van der Waals surface area contributed by atoms with Crippen LogP contribution in [0.5, 0.6) is 0 Å². The minimum absolute atomic E-state index is 0.215. The van der Waals surface area contributed by atoms with E-state index in [1.54, 1.807) is 16.7 Å². The number of nitrogens with zero attached hydrogens (tertiary/aromatic N) is 2. The number of furan rings is 1. The molecule has 0 fully saturated rings. The van der Waals surface area contributed by atoms with Gasteiger partial charge in [-0.1, -0.05) is 47.5 Å². The normalized spacial score (nSPS) is 11.4. The molecule has 1 N–H and O–H groups in total. The van der Waals surface area contributed by atoms with E-state index in [-0.39, 0.29) is 6.03 Å². The summed E-state index contributed by atoms with van der Waals surface area (Å²) in [4.78, 5) is 21.0. The molecule has 37 heavy (non-hydrogen) atoms. The highest BCUT2D eigenvalue weighted by atomic mass is 35.5. The molecule has 2 amide bonds. The summed E-state index contributed by atoms with van der Waals surface area (Å²) in [5, 5.41) is 5.62. The molecule has 2 aromatic heterocycles. The Morgan fingerprint density at radius 1 is 1.11 bits per heavy atom. The number of halogens is 1. The van der Waals surface area contributed by atoms with Crippen LogP contribution in [0.3, 0.4) is 0 Å². The lowest BCUT2D eigenvalue weighted by molar-refractivity contribution is 0.211. The first-order chi connectivity index (χ1) is 17.8. The number of amides is 2. The summed E-state index contributed by atoms with van der Waals surface area (Å²) in [7, 11) is 0. The van der Waals surface area contributed by atoms with Crippen molar-refractivity contribution in [2.75, 3.05) is 24.4 Å². The van der Waals surface area contributed by atoms with Crippen LogP contribution in [0.4, 0.5) is 10.5 Å². The quantitative estimate of drug-likeness (QED) is 0.175. The highest BCUT2D eigenvalue weighted by Crippen LogP contribution is 2.37. The number of pyridine rings is 1. The maximum atomic E-state index is 13.7. The van der Waals surface area contributed by atoms with E-state index < -0.39 is 0 Å². The van der Waals surface area contributed by atoms with Crippen LogP contribution in [0.1, 0.15) is 23.9 Å². The van der Waals surface area contributed by atoms with Crippen molar-refractivity contribution in [3.63, 3.8) is 0 Å². The molecule has 192 valence electrons. The van der Waals surface area contributed by atoms with Gasteiger partial charge in [0.25, 0.3) is 0 Å². The molecular formula is C29H30ClN3O2S2. The number of aryl methyl sites for hydroxylation is 2. The van der Waals surface area contributed by atoms with Crippen LogP contribution in [0.15, 0.2) is 75.0 Å². The van der Waals surface area contributed by atoms with Gasteiger partial charge in [-0.15, -0.1) is 23.5 Å². The number of anilines is 1. The van der Waals surface area contributed by atoms with Gasteiger partial charge in [-0.05, 0) is 69.2 Å². The van der Waals surface area contributed by atoms with E-state index in [2.05, 4.69) is 23.3 Å². The first kappa shape index (κ1) is 27.2. The number of thioether (sulfide) groups is 2. The number of allylic oxidation sites excluding steroid dienone is 1. The van der Waals surface area contributed by atoms with Gasteiger partial charge in [-0.2, -0.15) is 0 Å². The predicted octanol–water partition coefficient (Wildman–Crippen LogP) is 8.82. The number of carbonyl (C=O) groups excluding carboxylic acids is 1. The van der Waals surface area contributed by atoms with Gasteiger partial charge in [0.2, 0.25) is 0 Å². The maximum absolute atomic E-state index is 13.7. The molecule has 0 bridgehead atoms. The van der Waals surface area contributed by atoms with Gasteiger partial charge < -0.3 is 14.6 Å². The summed E-state index contributed by atoms with van der Waals surface area (Å²) in [5.41, 5.74) is 5.54. The van der Waals surface area contributed by atoms with Crippen LogP contribution in [-0.2, 0) is 6.54 Å². The topological polar surface area (TPSA) is 58.4 Å². The van der Waals surface area contributed by atoms with E-state index in [1.165, 1.54) is 11.8 Å². The Hall–Kier alpha value is -2.87. The van der Waals surface area contributed by atoms with Gasteiger partial charge in [-0.3, -0.25) is 0 Å². The number of urea groups is 1. The van der Waals surface area contributed by atoms with Crippen molar-refractivity contribution in [2.24, 2.45) is 0 Å². The number of fused-ring (bicyclic) bond motifs is 1. The predicted molar refractivity (Wildman–Crippen MR) is 158 cm³/mol. The summed E-state index contributed by atoms with van der Waals surface area (Å²) in [6.07, 6.45) is 7.87. The van der Waals surface area contributed by atoms with Crippen LogP contribution in [0.2, 0.25) is 5.02 Å². The molecule has 0 spiro atoms. The minimum atomic E-state index is -0.215. The van der Waals surface area contributed by atoms with Crippen LogP contribution in [0.25, 0.3) is 22.1 Å². The first-order valence-corrected chi connectivity index (χ1v) is 14.7. The Labute approximate surface area is 231 Å². The lowest BCUT2D eigenvalue weighted by atomic mass is 10.0. The fourth-order valence-electron chi connectivity index (χ4n) is 4.16. The molecule has 0 atom stereocenters. The second-order valence-electron chi connectivity index (χ2n) is 8.64. The SMILES string of the molecule is C/C=C/CN(Cc1oc2ccc(C)cc2c1-c1ccc(Cl)cc1)C(=O)Nc1c(SC)cc(C)nc1SC. The highest BCUT2D eigenvalue weighted by molar-refractivity contribution is 7.99. The van der Waals surface area contributed by atoms with Gasteiger partial charge >= 0.3 is 6.03 Å². The number of nitrogens with one attached hydrogen (secondary N) is 1. The monoisotopic (exact) mass is 551 g/mol. The summed E-state index contributed by atoms with van der Waals surface area (Å²) >= 11 is 9.28. The summed E-state index contributed by atoms with van der Waals surface area (Å²) < 4.78 is 6.36. The van der Waals surface area contributed by atoms with Crippen LogP contribution >= 0.6 is 35.1 Å². The Bertz CT molecular complexity index is 1420. The van der Waals surface area contributed by atoms with Crippen molar-refractivity contribution in [3.05, 3.63) is 82.7 Å². The van der Waals surface area contributed by atoms with Crippen LogP contribution in [0, 0.1) is 13.8 Å². The standard InChI is InChI=1S/C29H30ClN3O2S2/c1-6-7-14-33(29(34)32-27-25(36-4)16-19(3)31-28(27)37-5)17-24-26(20-9-11-21(30)12-10-20)22-15-18(2)8-13-23(22)35-24/h6-13,15-16H,14,17H2,1-5H3,(H,32,34)/b7-6+. The molecule has 4 aromatic rings. The molecule has 8 heteroatoms. The Morgan fingerprint density at radius 2 is 1.86 bits per heavy atom. The van der Waals surface area contributed by atoms with Crippen molar-refractivity contribution in [1.82, 2.24) is 9.88 Å². The van der Waals surface area contributed by atoms with E-state index in [4.69, 9.17) is 16.0 Å². The third-order valence-corrected chi connectivity index (χ3v) is 7.65. The first-order valence-electron chi connectivity index (χ1n) is 11.9. The van der Waals surface area contributed by atoms with Crippen molar-refractivity contribution in [1.29, 1.82) is 0 Å². The number of aromatic nitrogens is 1. The van der Waals surface area contributed by atoms with E-state index >= 15 is 0 Å². The molecule has 2 heterocycles. The average Bonchev–Trinajstić information content (AvgIpc) is 3.24. The van der Waals surface area contributed by atoms with E-state index in [1.807, 2.05) is 81.0 Å². The molecule has 0 aliphatic carbocycles. The van der Waals surface area contributed by atoms with Gasteiger partial charge in [0.1, 0.15) is 16.4 Å². The molecule has 0 saturated heterocycles. The molecule has 0 unspecified atom stereocenters. The van der Waals surface area contributed by atoms with Gasteiger partial charge in [0.15, 0.2) is 0 Å². The molecular weight excluding hydrogens is 522 g/mol. The number of benzene rings is 2. The van der Waals surface area contributed by atoms with Crippen LogP contribution < -0.4 is 5.32 Å². The van der Waals surface area contributed by atoms with Gasteiger partial charge in [-0.25, -0.2) is 9.78 Å². The average molecular weight is 552 g/mol. The lowest BCUT2D eigenvalue weighted by Gasteiger charge is -2.23. The lowest BCUT2D eigenvalue weighted by Crippen LogP contribution is -2.35. The molecule has 4 rings (SSSR count). The van der Waals surface area contributed by atoms with E-state index in [9.17, 15) is 4.79 Å². The second-order valence-corrected chi connectivity index (χ2v) is 10.7. The fraction of sp³-hybridized carbons (Fsp3) is 0.241. The fourth-order valence-corrected chi connectivity index (χ4v) is 5.59. The minimum Gasteiger partial charge on any atom is -0.459 e. The zero-order valence-corrected chi connectivity index (χ0v) is 24.0. The number of carbonyl (C=O) groups is 1. The molecule has 0 radical (unpaired) electrons. The third-order valence-electron chi connectivity index (χ3n) is 5.96. The zero-order valence-electron chi connectivity index (χ0n) is 21.6. The molecule has 0 saturated carbocycles. The van der Waals surface area contributed by atoms with Gasteiger partial charge in [0.05, 0.1) is 12.2 Å². The molecule has 0 aliphatic rings. The Morgan fingerprint density at radius 3 is 2.54 bits per heavy atom. The van der Waals surface area contributed by atoms with Gasteiger partial charge in [0, 0.05) is 33.1 Å². The second kappa shape index (κ2) is 12.1. The Kier molecular flexibility index (Phi) is 8.90. The van der Waals surface area contributed by atoms with Crippen molar-refractivity contribution in [3.8, 4) is 11.1 Å². The smallest absolute Gasteiger partial charge is 0.322 e. The largest absolute Gasteiger partial charge is 0.459 e. The maximum Gasteiger partial charge on any atom is 0.322 e. The zero-order chi connectivity index (χ0) is 26.5. The number of hydrogen-bond acceptors (Lipinski definition) is 5. The van der Waals surface area contributed by atoms with Crippen molar-refractivity contribution < 1.29 is 9.21 Å².